The van der Waals surface area contributed by atoms with Gasteiger partial charge >= 0.3 is 0 Å². The highest BCUT2D eigenvalue weighted by atomic mass is 16.5. The SMILES string of the molecule is COc1ccc(C2=Nc3c(-c4ccccc4)c(C)nn3[C@H](c3cccnc3)C2)cc1OC. The lowest BCUT2D eigenvalue weighted by Gasteiger charge is -2.25. The molecule has 160 valence electrons. The van der Waals surface area contributed by atoms with Gasteiger partial charge in [-0.2, -0.15) is 5.10 Å². The number of aryl methyl sites for hydroxylation is 1. The van der Waals surface area contributed by atoms with Gasteiger partial charge in [-0.05, 0) is 42.3 Å². The molecule has 4 aromatic rings. The Bertz CT molecular complexity index is 1280. The van der Waals surface area contributed by atoms with Gasteiger partial charge in [-0.1, -0.05) is 36.4 Å². The van der Waals surface area contributed by atoms with E-state index >= 15 is 0 Å². The first-order valence-electron chi connectivity index (χ1n) is 10.5. The number of benzene rings is 2. The van der Waals surface area contributed by atoms with Crippen LogP contribution in [0.2, 0.25) is 0 Å². The van der Waals surface area contributed by atoms with Crippen molar-refractivity contribution in [1.29, 1.82) is 0 Å². The van der Waals surface area contributed by atoms with Crippen molar-refractivity contribution in [1.82, 2.24) is 14.8 Å². The molecule has 1 aliphatic rings. The van der Waals surface area contributed by atoms with Gasteiger partial charge in [0.25, 0.3) is 0 Å². The van der Waals surface area contributed by atoms with Crippen LogP contribution in [0.25, 0.3) is 11.1 Å². The summed E-state index contributed by atoms with van der Waals surface area (Å²) in [7, 11) is 3.29. The molecule has 0 saturated carbocycles. The maximum Gasteiger partial charge on any atom is 0.161 e. The molecule has 1 atom stereocenters. The van der Waals surface area contributed by atoms with E-state index in [1.54, 1.807) is 20.4 Å². The molecule has 0 radical (unpaired) electrons. The Hall–Kier alpha value is -3.93. The first kappa shape index (κ1) is 20.0. The lowest BCUT2D eigenvalue weighted by molar-refractivity contribution is 0.355. The number of ether oxygens (including phenoxy) is 2. The summed E-state index contributed by atoms with van der Waals surface area (Å²) in [6.45, 7) is 2.04. The molecule has 0 aliphatic carbocycles. The van der Waals surface area contributed by atoms with Gasteiger partial charge in [-0.3, -0.25) is 4.98 Å². The third kappa shape index (κ3) is 3.43. The van der Waals surface area contributed by atoms with Crippen LogP contribution in [0.4, 0.5) is 5.82 Å². The lowest BCUT2D eigenvalue weighted by atomic mass is 9.96. The molecule has 0 amide bonds. The predicted octanol–water partition coefficient (Wildman–Crippen LogP) is 5.38. The Labute approximate surface area is 187 Å². The largest absolute Gasteiger partial charge is 0.493 e. The Balaban J connectivity index is 1.71. The van der Waals surface area contributed by atoms with Crippen molar-refractivity contribution >= 4 is 11.5 Å². The van der Waals surface area contributed by atoms with Crippen LogP contribution in [0.15, 0.2) is 78.0 Å². The smallest absolute Gasteiger partial charge is 0.161 e. The molecule has 0 spiro atoms. The number of hydrogen-bond acceptors (Lipinski definition) is 5. The number of fused-ring (bicyclic) bond motifs is 1. The van der Waals surface area contributed by atoms with Crippen LogP contribution < -0.4 is 9.47 Å². The number of hydrogen-bond donors (Lipinski definition) is 0. The van der Waals surface area contributed by atoms with Crippen LogP contribution in [-0.4, -0.2) is 34.7 Å². The third-order valence-corrected chi connectivity index (χ3v) is 5.83. The van der Waals surface area contributed by atoms with Gasteiger partial charge in [0, 0.05) is 29.9 Å². The highest BCUT2D eigenvalue weighted by Crippen LogP contribution is 2.42. The van der Waals surface area contributed by atoms with Crippen molar-refractivity contribution in [3.63, 3.8) is 0 Å². The van der Waals surface area contributed by atoms with E-state index in [0.29, 0.717) is 17.9 Å². The highest BCUT2D eigenvalue weighted by Gasteiger charge is 2.30. The highest BCUT2D eigenvalue weighted by molar-refractivity contribution is 6.04. The zero-order valence-electron chi connectivity index (χ0n) is 18.3. The molecule has 0 saturated heterocycles. The summed E-state index contributed by atoms with van der Waals surface area (Å²) in [4.78, 5) is 9.47. The minimum absolute atomic E-state index is 0.00420. The fourth-order valence-corrected chi connectivity index (χ4v) is 4.28. The molecular weight excluding hydrogens is 400 g/mol. The first-order chi connectivity index (χ1) is 15.7. The molecular formula is C26H24N4O2. The van der Waals surface area contributed by atoms with Crippen LogP contribution in [0.3, 0.4) is 0 Å². The summed E-state index contributed by atoms with van der Waals surface area (Å²) >= 11 is 0. The summed E-state index contributed by atoms with van der Waals surface area (Å²) in [5.41, 5.74) is 6.19. The second kappa shape index (κ2) is 8.30. The molecule has 6 heteroatoms. The molecule has 0 fully saturated rings. The van der Waals surface area contributed by atoms with Gasteiger partial charge < -0.3 is 9.47 Å². The predicted molar refractivity (Wildman–Crippen MR) is 125 cm³/mol. The van der Waals surface area contributed by atoms with E-state index in [2.05, 4.69) is 23.2 Å². The van der Waals surface area contributed by atoms with E-state index in [1.165, 1.54) is 0 Å². The van der Waals surface area contributed by atoms with E-state index in [1.807, 2.05) is 60.3 Å². The molecule has 0 unspecified atom stereocenters. The summed E-state index contributed by atoms with van der Waals surface area (Å²) in [6, 6.07) is 20.3. The monoisotopic (exact) mass is 424 g/mol. The molecule has 0 bridgehead atoms. The normalized spacial score (nSPS) is 15.1. The number of pyridine rings is 1. The van der Waals surface area contributed by atoms with Crippen molar-refractivity contribution in [3.8, 4) is 22.6 Å². The molecule has 6 nitrogen and oxygen atoms in total. The van der Waals surface area contributed by atoms with Crippen molar-refractivity contribution in [3.05, 3.63) is 89.9 Å². The number of nitrogens with zero attached hydrogens (tertiary/aromatic N) is 4. The van der Waals surface area contributed by atoms with Crippen LogP contribution in [-0.2, 0) is 0 Å². The molecule has 0 N–H and O–H groups in total. The minimum atomic E-state index is -0.00420. The van der Waals surface area contributed by atoms with Crippen molar-refractivity contribution in [2.45, 2.75) is 19.4 Å². The fraction of sp³-hybridized carbons (Fsp3) is 0.192. The number of rotatable bonds is 5. The van der Waals surface area contributed by atoms with Gasteiger partial charge in [0.05, 0.1) is 31.7 Å². The summed E-state index contributed by atoms with van der Waals surface area (Å²) in [6.07, 6.45) is 4.40. The third-order valence-electron chi connectivity index (χ3n) is 5.83. The maximum absolute atomic E-state index is 5.54. The summed E-state index contributed by atoms with van der Waals surface area (Å²) in [5, 5.41) is 4.91. The van der Waals surface area contributed by atoms with E-state index in [-0.39, 0.29) is 6.04 Å². The molecule has 2 aromatic heterocycles. The molecule has 32 heavy (non-hydrogen) atoms. The Morgan fingerprint density at radius 1 is 0.906 bits per heavy atom. The van der Waals surface area contributed by atoms with Crippen LogP contribution in [0, 0.1) is 6.92 Å². The average Bonchev–Trinajstić information content (AvgIpc) is 3.19. The lowest BCUT2D eigenvalue weighted by Crippen LogP contribution is -2.21. The second-order valence-corrected chi connectivity index (χ2v) is 7.73. The zero-order valence-corrected chi connectivity index (χ0v) is 18.3. The topological polar surface area (TPSA) is 61.5 Å². The molecule has 1 aliphatic heterocycles. The van der Waals surface area contributed by atoms with E-state index in [0.717, 1.165) is 39.5 Å². The Kier molecular flexibility index (Phi) is 5.19. The summed E-state index contributed by atoms with van der Waals surface area (Å²) in [5.74, 6) is 2.24. The quantitative estimate of drug-likeness (QED) is 0.431. The van der Waals surface area contributed by atoms with Crippen molar-refractivity contribution in [2.24, 2.45) is 4.99 Å². The van der Waals surface area contributed by atoms with E-state index in [9.17, 15) is 0 Å². The number of aromatic nitrogens is 3. The fourth-order valence-electron chi connectivity index (χ4n) is 4.28. The van der Waals surface area contributed by atoms with Crippen LogP contribution >= 0.6 is 0 Å². The zero-order chi connectivity index (χ0) is 22.1. The van der Waals surface area contributed by atoms with Gasteiger partial charge in [-0.15, -0.1) is 0 Å². The van der Waals surface area contributed by atoms with Gasteiger partial charge in [-0.25, -0.2) is 9.67 Å². The first-order valence-corrected chi connectivity index (χ1v) is 10.5. The average molecular weight is 425 g/mol. The van der Waals surface area contributed by atoms with E-state index < -0.39 is 0 Å². The molecule has 3 heterocycles. The van der Waals surface area contributed by atoms with Gasteiger partial charge in [0.1, 0.15) is 0 Å². The van der Waals surface area contributed by atoms with Crippen LogP contribution in [0.5, 0.6) is 11.5 Å². The number of methoxy groups -OCH3 is 2. The minimum Gasteiger partial charge on any atom is -0.493 e. The second-order valence-electron chi connectivity index (χ2n) is 7.73. The van der Waals surface area contributed by atoms with Gasteiger partial charge in [0.2, 0.25) is 0 Å². The molecule has 2 aromatic carbocycles. The molecule has 5 rings (SSSR count). The van der Waals surface area contributed by atoms with E-state index in [4.69, 9.17) is 19.6 Å². The maximum atomic E-state index is 5.54. The Morgan fingerprint density at radius 2 is 1.72 bits per heavy atom. The Morgan fingerprint density at radius 3 is 2.44 bits per heavy atom. The van der Waals surface area contributed by atoms with Crippen molar-refractivity contribution < 1.29 is 9.47 Å². The van der Waals surface area contributed by atoms with Crippen LogP contribution in [0.1, 0.15) is 29.3 Å². The standard InChI is InChI=1S/C26H24N4O2/c1-17-25(18-8-5-4-6-9-18)26-28-21(19-11-12-23(31-2)24(14-19)32-3)15-22(30(26)29-17)20-10-7-13-27-16-20/h4-14,16,22H,15H2,1-3H3/t22-/m0/s1. The number of aliphatic imine (C=N–C) groups is 1. The summed E-state index contributed by atoms with van der Waals surface area (Å²) < 4.78 is 13.0. The van der Waals surface area contributed by atoms with Gasteiger partial charge in [0.15, 0.2) is 17.3 Å². The van der Waals surface area contributed by atoms with Crippen molar-refractivity contribution in [2.75, 3.05) is 14.2 Å².